The number of nitrogens with zero attached hydrogens (tertiary/aromatic N) is 2. The highest BCUT2D eigenvalue weighted by atomic mass is 15.2. The van der Waals surface area contributed by atoms with E-state index >= 15 is 0 Å². The summed E-state index contributed by atoms with van der Waals surface area (Å²) in [6, 6.07) is 24.7. The highest BCUT2D eigenvalue weighted by molar-refractivity contribution is 6.00. The first-order chi connectivity index (χ1) is 12.2. The van der Waals surface area contributed by atoms with E-state index in [4.69, 9.17) is 0 Å². The Morgan fingerprint density at radius 1 is 0.680 bits per heavy atom. The number of nitrogens with one attached hydrogen (secondary N) is 1. The van der Waals surface area contributed by atoms with Crippen LogP contribution in [0.2, 0.25) is 0 Å². The molecular formula is C22H19N3. The third kappa shape index (κ3) is 2.85. The summed E-state index contributed by atoms with van der Waals surface area (Å²) >= 11 is 0. The molecule has 0 radical (unpaired) electrons. The first-order valence-electron chi connectivity index (χ1n) is 8.38. The van der Waals surface area contributed by atoms with Crippen LogP contribution >= 0.6 is 0 Å². The number of aryl methyl sites for hydroxylation is 2. The maximum absolute atomic E-state index is 4.50. The lowest BCUT2D eigenvalue weighted by Gasteiger charge is -2.16. The van der Waals surface area contributed by atoms with Gasteiger partial charge in [0, 0.05) is 16.6 Å². The minimum absolute atomic E-state index is 0.780. The van der Waals surface area contributed by atoms with Crippen molar-refractivity contribution in [1.82, 2.24) is 10.2 Å². The highest BCUT2D eigenvalue weighted by Crippen LogP contribution is 2.35. The van der Waals surface area contributed by atoms with Crippen LogP contribution in [0.4, 0.5) is 11.5 Å². The molecule has 0 saturated heterocycles. The Bertz CT molecular complexity index is 1020. The second-order valence-corrected chi connectivity index (χ2v) is 6.20. The fourth-order valence-corrected chi connectivity index (χ4v) is 3.17. The maximum Gasteiger partial charge on any atom is 0.161 e. The van der Waals surface area contributed by atoms with Crippen molar-refractivity contribution in [3.05, 3.63) is 83.9 Å². The number of hydrogen-bond donors (Lipinski definition) is 1. The largest absolute Gasteiger partial charge is 0.338 e. The average Bonchev–Trinajstić information content (AvgIpc) is 2.65. The van der Waals surface area contributed by atoms with Gasteiger partial charge in [-0.1, -0.05) is 66.7 Å². The quantitative estimate of drug-likeness (QED) is 0.528. The molecule has 0 amide bonds. The molecule has 0 fully saturated rings. The van der Waals surface area contributed by atoms with Gasteiger partial charge in [-0.05, 0) is 36.6 Å². The van der Waals surface area contributed by atoms with Gasteiger partial charge in [-0.2, -0.15) is 0 Å². The van der Waals surface area contributed by atoms with Crippen LogP contribution < -0.4 is 5.32 Å². The van der Waals surface area contributed by atoms with Crippen LogP contribution in [0, 0.1) is 13.8 Å². The van der Waals surface area contributed by atoms with Crippen molar-refractivity contribution in [1.29, 1.82) is 0 Å². The molecule has 4 rings (SSSR count). The molecule has 1 aromatic heterocycles. The summed E-state index contributed by atoms with van der Waals surface area (Å²) in [6.07, 6.45) is 0. The summed E-state index contributed by atoms with van der Waals surface area (Å²) in [7, 11) is 0. The molecule has 3 nitrogen and oxygen atoms in total. The Morgan fingerprint density at radius 3 is 2.12 bits per heavy atom. The molecule has 0 unspecified atom stereocenters. The van der Waals surface area contributed by atoms with E-state index in [2.05, 4.69) is 65.8 Å². The van der Waals surface area contributed by atoms with Crippen LogP contribution in [0.15, 0.2) is 72.8 Å². The van der Waals surface area contributed by atoms with Crippen molar-refractivity contribution in [3.8, 4) is 11.1 Å². The Labute approximate surface area is 147 Å². The number of anilines is 2. The molecule has 0 aliphatic heterocycles. The van der Waals surface area contributed by atoms with Gasteiger partial charge in [-0.3, -0.25) is 0 Å². The number of fused-ring (bicyclic) bond motifs is 1. The third-order valence-electron chi connectivity index (χ3n) is 4.45. The molecule has 122 valence electrons. The van der Waals surface area contributed by atoms with Crippen LogP contribution in [-0.2, 0) is 0 Å². The van der Waals surface area contributed by atoms with Gasteiger partial charge in [0.05, 0.1) is 5.52 Å². The molecular weight excluding hydrogens is 306 g/mol. The summed E-state index contributed by atoms with van der Waals surface area (Å²) in [5.74, 6) is 0.780. The topological polar surface area (TPSA) is 37.8 Å². The van der Waals surface area contributed by atoms with E-state index in [0.717, 1.165) is 33.5 Å². The van der Waals surface area contributed by atoms with Crippen LogP contribution in [0.3, 0.4) is 0 Å². The molecule has 25 heavy (non-hydrogen) atoms. The van der Waals surface area contributed by atoms with Gasteiger partial charge in [-0.15, -0.1) is 10.2 Å². The highest BCUT2D eigenvalue weighted by Gasteiger charge is 2.14. The SMILES string of the molecule is Cc1cccc(C)c1Nc1nnc2ccccc2c1-c1ccccc1. The Balaban J connectivity index is 1.95. The monoisotopic (exact) mass is 325 g/mol. The van der Waals surface area contributed by atoms with Crippen molar-refractivity contribution < 1.29 is 0 Å². The number of hydrogen-bond acceptors (Lipinski definition) is 3. The minimum atomic E-state index is 0.780. The minimum Gasteiger partial charge on any atom is -0.338 e. The lowest BCUT2D eigenvalue weighted by molar-refractivity contribution is 1.08. The number of rotatable bonds is 3. The van der Waals surface area contributed by atoms with Crippen molar-refractivity contribution in [3.63, 3.8) is 0 Å². The Morgan fingerprint density at radius 2 is 1.36 bits per heavy atom. The Hall–Kier alpha value is -3.20. The van der Waals surface area contributed by atoms with Gasteiger partial charge >= 0.3 is 0 Å². The zero-order valence-electron chi connectivity index (χ0n) is 14.3. The molecule has 1 heterocycles. The van der Waals surface area contributed by atoms with Crippen molar-refractivity contribution in [2.24, 2.45) is 0 Å². The van der Waals surface area contributed by atoms with Crippen molar-refractivity contribution in [2.75, 3.05) is 5.32 Å². The van der Waals surface area contributed by atoms with Crippen LogP contribution in [0.25, 0.3) is 22.0 Å². The summed E-state index contributed by atoms with van der Waals surface area (Å²) < 4.78 is 0. The molecule has 0 aliphatic rings. The molecule has 4 aromatic rings. The zero-order chi connectivity index (χ0) is 17.2. The molecule has 3 aromatic carbocycles. The normalized spacial score (nSPS) is 10.8. The summed E-state index contributed by atoms with van der Waals surface area (Å²) in [5.41, 5.74) is 6.57. The Kier molecular flexibility index (Phi) is 3.90. The smallest absolute Gasteiger partial charge is 0.161 e. The number of benzene rings is 3. The van der Waals surface area contributed by atoms with Crippen LogP contribution in [-0.4, -0.2) is 10.2 Å². The average molecular weight is 325 g/mol. The van der Waals surface area contributed by atoms with Crippen molar-refractivity contribution >= 4 is 22.4 Å². The van der Waals surface area contributed by atoms with E-state index in [1.165, 1.54) is 11.1 Å². The van der Waals surface area contributed by atoms with Gasteiger partial charge in [-0.25, -0.2) is 0 Å². The predicted octanol–water partition coefficient (Wildman–Crippen LogP) is 5.66. The molecule has 1 N–H and O–H groups in total. The first-order valence-corrected chi connectivity index (χ1v) is 8.38. The molecule has 0 aliphatic carbocycles. The molecule has 3 heteroatoms. The predicted molar refractivity (Wildman–Crippen MR) is 104 cm³/mol. The second kappa shape index (κ2) is 6.36. The molecule has 0 spiro atoms. The number of para-hydroxylation sites is 1. The lowest BCUT2D eigenvalue weighted by atomic mass is 10.0. The van der Waals surface area contributed by atoms with Crippen LogP contribution in [0.5, 0.6) is 0 Å². The summed E-state index contributed by atoms with van der Waals surface area (Å²) in [5, 5.41) is 13.5. The van der Waals surface area contributed by atoms with E-state index < -0.39 is 0 Å². The van der Waals surface area contributed by atoms with E-state index in [1.54, 1.807) is 0 Å². The van der Waals surface area contributed by atoms with E-state index in [-0.39, 0.29) is 0 Å². The van der Waals surface area contributed by atoms with Gasteiger partial charge in [0.2, 0.25) is 0 Å². The fraction of sp³-hybridized carbons (Fsp3) is 0.0909. The zero-order valence-corrected chi connectivity index (χ0v) is 14.3. The van der Waals surface area contributed by atoms with Crippen LogP contribution in [0.1, 0.15) is 11.1 Å². The van der Waals surface area contributed by atoms with Gasteiger partial charge in [0.15, 0.2) is 5.82 Å². The molecule has 0 bridgehead atoms. The van der Waals surface area contributed by atoms with E-state index in [1.807, 2.05) is 36.4 Å². The third-order valence-corrected chi connectivity index (χ3v) is 4.45. The summed E-state index contributed by atoms with van der Waals surface area (Å²) in [4.78, 5) is 0. The van der Waals surface area contributed by atoms with Gasteiger partial charge in [0.1, 0.15) is 0 Å². The van der Waals surface area contributed by atoms with Gasteiger partial charge in [0.25, 0.3) is 0 Å². The number of aromatic nitrogens is 2. The molecule has 0 saturated carbocycles. The lowest BCUT2D eigenvalue weighted by Crippen LogP contribution is -2.02. The molecule has 0 atom stereocenters. The fourth-order valence-electron chi connectivity index (χ4n) is 3.17. The second-order valence-electron chi connectivity index (χ2n) is 6.20. The van der Waals surface area contributed by atoms with E-state index in [9.17, 15) is 0 Å². The summed E-state index contributed by atoms with van der Waals surface area (Å²) in [6.45, 7) is 4.21. The van der Waals surface area contributed by atoms with Gasteiger partial charge < -0.3 is 5.32 Å². The van der Waals surface area contributed by atoms with E-state index in [0.29, 0.717) is 0 Å². The maximum atomic E-state index is 4.50. The first kappa shape index (κ1) is 15.3. The standard InChI is InChI=1S/C22H19N3/c1-15-9-8-10-16(2)21(15)23-22-20(17-11-4-3-5-12-17)18-13-6-7-14-19(18)24-25-22/h3-14H,1-2H3,(H,23,25). The van der Waals surface area contributed by atoms with Crippen molar-refractivity contribution in [2.45, 2.75) is 13.8 Å².